The SMILES string of the molecule is COc1cc(Cl)c(S(=O)(=O)O)c(S(=O)(=O)O)c1[N+]#N. The molecule has 1 rings (SSSR count). The molecule has 0 atom stereocenters. The van der Waals surface area contributed by atoms with E-state index in [4.69, 9.17) is 26.1 Å². The molecule has 0 saturated heterocycles. The highest BCUT2D eigenvalue weighted by Crippen LogP contribution is 2.43. The number of methoxy groups -OCH3 is 1. The first-order chi connectivity index (χ1) is 8.54. The predicted octanol–water partition coefficient (Wildman–Crippen LogP) is 1.33. The molecule has 1 aromatic rings. The molecule has 0 unspecified atom stereocenters. The van der Waals surface area contributed by atoms with E-state index in [0.29, 0.717) is 0 Å². The normalized spacial score (nSPS) is 11.9. The van der Waals surface area contributed by atoms with Crippen LogP contribution in [0.1, 0.15) is 0 Å². The van der Waals surface area contributed by atoms with Crippen LogP contribution in [0.15, 0.2) is 15.9 Å². The van der Waals surface area contributed by atoms with Crippen LogP contribution in [0.2, 0.25) is 5.02 Å². The minimum Gasteiger partial charge on any atom is -0.489 e. The van der Waals surface area contributed by atoms with Crippen LogP contribution in [-0.2, 0) is 20.2 Å². The van der Waals surface area contributed by atoms with Gasteiger partial charge >= 0.3 is 15.8 Å². The first kappa shape index (κ1) is 15.6. The van der Waals surface area contributed by atoms with Crippen molar-refractivity contribution in [1.29, 1.82) is 5.39 Å². The Hall–Kier alpha value is -1.45. The second-order valence-electron chi connectivity index (χ2n) is 3.12. The van der Waals surface area contributed by atoms with Crippen molar-refractivity contribution in [1.82, 2.24) is 0 Å². The van der Waals surface area contributed by atoms with E-state index in [2.05, 4.69) is 9.71 Å². The summed E-state index contributed by atoms with van der Waals surface area (Å²) in [6.45, 7) is 0. The van der Waals surface area contributed by atoms with Crippen LogP contribution in [0.4, 0.5) is 5.69 Å². The summed E-state index contributed by atoms with van der Waals surface area (Å²) in [5.74, 6) is -0.424. The Bertz CT molecular complexity index is 779. The third kappa shape index (κ3) is 2.94. The predicted molar refractivity (Wildman–Crippen MR) is 62.4 cm³/mol. The van der Waals surface area contributed by atoms with Gasteiger partial charge in [-0.25, -0.2) is 0 Å². The number of rotatable bonds is 3. The highest BCUT2D eigenvalue weighted by atomic mass is 35.5. The van der Waals surface area contributed by atoms with Crippen molar-refractivity contribution >= 4 is 37.5 Å². The second kappa shape index (κ2) is 4.91. The summed E-state index contributed by atoms with van der Waals surface area (Å²) in [5, 5.41) is 7.99. The van der Waals surface area contributed by atoms with Crippen molar-refractivity contribution in [3.05, 3.63) is 16.1 Å². The summed E-state index contributed by atoms with van der Waals surface area (Å²) >= 11 is 5.51. The Morgan fingerprint density at radius 2 is 1.68 bits per heavy atom. The molecule has 104 valence electrons. The van der Waals surface area contributed by atoms with Gasteiger partial charge in [-0.2, -0.15) is 16.8 Å². The van der Waals surface area contributed by atoms with Gasteiger partial charge < -0.3 is 4.74 Å². The van der Waals surface area contributed by atoms with E-state index in [1.807, 2.05) is 0 Å². The Morgan fingerprint density at radius 1 is 1.21 bits per heavy atom. The first-order valence-corrected chi connectivity index (χ1v) is 7.50. The number of benzene rings is 1. The summed E-state index contributed by atoms with van der Waals surface area (Å²) in [7, 11) is -9.22. The lowest BCUT2D eigenvalue weighted by Crippen LogP contribution is -2.10. The van der Waals surface area contributed by atoms with Crippen LogP contribution < -0.4 is 4.74 Å². The zero-order chi connectivity index (χ0) is 15.0. The lowest BCUT2D eigenvalue weighted by atomic mass is 10.3. The Balaban J connectivity index is 4.14. The molecule has 19 heavy (non-hydrogen) atoms. The molecule has 0 aliphatic carbocycles. The number of diazo groups is 1. The van der Waals surface area contributed by atoms with Gasteiger partial charge in [0.1, 0.15) is 4.90 Å². The quantitative estimate of drug-likeness (QED) is 0.623. The van der Waals surface area contributed by atoms with E-state index < -0.39 is 46.5 Å². The largest absolute Gasteiger partial charge is 0.489 e. The van der Waals surface area contributed by atoms with Crippen LogP contribution in [-0.4, -0.2) is 33.1 Å². The van der Waals surface area contributed by atoms with Crippen LogP contribution in [0, 0.1) is 5.39 Å². The highest BCUT2D eigenvalue weighted by molar-refractivity contribution is 7.89. The summed E-state index contributed by atoms with van der Waals surface area (Å²) < 4.78 is 67.2. The minimum absolute atomic E-state index is 0.424. The zero-order valence-electron chi connectivity index (χ0n) is 9.10. The highest BCUT2D eigenvalue weighted by Gasteiger charge is 2.40. The third-order valence-corrected chi connectivity index (χ3v) is 4.36. The molecular weight excluding hydrogens is 324 g/mol. The standard InChI is InChI=1S/C7H5ClN2O7S2/c1-17-4-2-3(8)6(18(11,12)13)7(5(4)10-9)19(14,15)16/h2H,1H3,(H-,11,12,13,14,15,16)/p+1. The molecular formula is C7H6ClN2O7S2+. The lowest BCUT2D eigenvalue weighted by Gasteiger charge is -2.06. The summed E-state index contributed by atoms with van der Waals surface area (Å²) in [5.41, 5.74) is -0.915. The van der Waals surface area contributed by atoms with Crippen molar-refractivity contribution in [3.8, 4) is 5.75 Å². The maximum absolute atomic E-state index is 11.2. The summed E-state index contributed by atoms with van der Waals surface area (Å²) in [6.07, 6.45) is 0. The molecule has 2 N–H and O–H groups in total. The average Bonchev–Trinajstić information content (AvgIpc) is 2.24. The molecule has 0 aromatic heterocycles. The molecule has 0 amide bonds. The van der Waals surface area contributed by atoms with Gasteiger partial charge in [-0.15, -0.1) is 0 Å². The Kier molecular flexibility index (Phi) is 4.03. The van der Waals surface area contributed by atoms with Gasteiger partial charge in [0.05, 0.1) is 12.1 Å². The Morgan fingerprint density at radius 3 is 2.00 bits per heavy atom. The van der Waals surface area contributed by atoms with Gasteiger partial charge in [0.25, 0.3) is 10.1 Å². The fourth-order valence-corrected chi connectivity index (χ4v) is 3.85. The maximum atomic E-state index is 11.2. The molecule has 0 radical (unpaired) electrons. The molecule has 1 aromatic carbocycles. The molecule has 0 bridgehead atoms. The molecule has 0 spiro atoms. The smallest absolute Gasteiger partial charge is 0.448 e. The van der Waals surface area contributed by atoms with Crippen molar-refractivity contribution in [2.45, 2.75) is 9.79 Å². The summed E-state index contributed by atoms with van der Waals surface area (Å²) in [4.78, 5) is -0.177. The average molecular weight is 330 g/mol. The van der Waals surface area contributed by atoms with Crippen LogP contribution >= 0.6 is 11.6 Å². The number of hydrogen-bond donors (Lipinski definition) is 2. The molecule has 12 heteroatoms. The fourth-order valence-electron chi connectivity index (χ4n) is 1.31. The topological polar surface area (TPSA) is 146 Å². The Labute approximate surface area is 112 Å². The molecule has 0 heterocycles. The molecule has 9 nitrogen and oxygen atoms in total. The van der Waals surface area contributed by atoms with Gasteiger partial charge in [0.2, 0.25) is 16.0 Å². The monoisotopic (exact) mass is 329 g/mol. The molecule has 0 aliphatic rings. The van der Waals surface area contributed by atoms with Gasteiger partial charge in [0.15, 0.2) is 4.98 Å². The van der Waals surface area contributed by atoms with Gasteiger partial charge in [-0.3, -0.25) is 9.11 Å². The van der Waals surface area contributed by atoms with Gasteiger partial charge in [-0.05, 0) is 0 Å². The number of ether oxygens (including phenoxy) is 1. The van der Waals surface area contributed by atoms with Crippen molar-refractivity contribution < 1.29 is 30.7 Å². The van der Waals surface area contributed by atoms with E-state index in [9.17, 15) is 16.8 Å². The lowest BCUT2D eigenvalue weighted by molar-refractivity contribution is 0.414. The van der Waals surface area contributed by atoms with Crippen molar-refractivity contribution in [2.24, 2.45) is 0 Å². The molecule has 0 saturated carbocycles. The molecule has 0 fully saturated rings. The summed E-state index contributed by atoms with van der Waals surface area (Å²) in [6, 6.07) is 0.800. The van der Waals surface area contributed by atoms with E-state index >= 15 is 0 Å². The van der Waals surface area contributed by atoms with Crippen molar-refractivity contribution in [3.63, 3.8) is 0 Å². The van der Waals surface area contributed by atoms with Crippen LogP contribution in [0.5, 0.6) is 5.75 Å². The number of hydrogen-bond acceptors (Lipinski definition) is 6. The number of halogens is 1. The second-order valence-corrected chi connectivity index (χ2v) is 6.24. The van der Waals surface area contributed by atoms with Crippen LogP contribution in [0.3, 0.4) is 0 Å². The number of nitrogens with zero attached hydrogens (tertiary/aromatic N) is 2. The van der Waals surface area contributed by atoms with Gasteiger partial charge in [-0.1, -0.05) is 11.6 Å². The molecule has 0 aliphatic heterocycles. The van der Waals surface area contributed by atoms with E-state index in [-0.39, 0.29) is 0 Å². The maximum Gasteiger partial charge on any atom is 0.448 e. The van der Waals surface area contributed by atoms with E-state index in [1.165, 1.54) is 0 Å². The van der Waals surface area contributed by atoms with Crippen LogP contribution in [0.25, 0.3) is 4.98 Å². The zero-order valence-corrected chi connectivity index (χ0v) is 11.5. The minimum atomic E-state index is -5.17. The van der Waals surface area contributed by atoms with E-state index in [0.717, 1.165) is 13.2 Å². The van der Waals surface area contributed by atoms with Crippen molar-refractivity contribution in [2.75, 3.05) is 7.11 Å². The third-order valence-electron chi connectivity index (χ3n) is 1.97. The first-order valence-electron chi connectivity index (χ1n) is 4.24. The van der Waals surface area contributed by atoms with Gasteiger partial charge in [0, 0.05) is 6.07 Å². The fraction of sp³-hybridized carbons (Fsp3) is 0.143. The van der Waals surface area contributed by atoms with E-state index in [1.54, 1.807) is 0 Å².